The molecular formula is CH3CoN2. The average Bonchev–Trinajstić information content (AvgIpc) is 0.918. The van der Waals surface area contributed by atoms with Gasteiger partial charge in [-0.1, -0.05) is 0 Å². The molecule has 26 valence electrons. The van der Waals surface area contributed by atoms with E-state index in [1.807, 2.05) is 0 Å². The van der Waals surface area contributed by atoms with E-state index in [1.165, 1.54) is 5.00 Å². The van der Waals surface area contributed by atoms with Crippen LogP contribution in [-0.2, 0) is 15.7 Å². The van der Waals surface area contributed by atoms with Crippen LogP contribution in [0.5, 0.6) is 0 Å². The van der Waals surface area contributed by atoms with Crippen LogP contribution in [0.15, 0.2) is 0 Å². The molecule has 0 atom stereocenters. The van der Waals surface area contributed by atoms with Gasteiger partial charge in [-0.3, -0.25) is 0 Å². The third-order valence-electron chi connectivity index (χ3n) is 0. The molecule has 0 saturated carbocycles. The van der Waals surface area contributed by atoms with Crippen molar-refractivity contribution in [3.8, 4) is 5.00 Å². The SMILES string of the molecule is N.N#[C][Co]. The number of hydrogen-bond donors (Lipinski definition) is 1. The first kappa shape index (κ1) is 9.03. The Morgan fingerprint density at radius 1 is 1.75 bits per heavy atom. The first-order valence-corrected chi connectivity index (χ1v) is 0.911. The summed E-state index contributed by atoms with van der Waals surface area (Å²) in [5, 5.41) is 8.62. The molecular weight excluding hydrogens is 99.0 g/mol. The first-order chi connectivity index (χ1) is 1.41. The predicted molar refractivity (Wildman–Crippen MR) is 10.6 cm³/mol. The van der Waals surface area contributed by atoms with E-state index in [4.69, 9.17) is 5.26 Å². The molecule has 0 saturated heterocycles. The molecule has 3 N–H and O–H groups in total. The van der Waals surface area contributed by atoms with E-state index >= 15 is 0 Å². The van der Waals surface area contributed by atoms with Crippen LogP contribution in [0.1, 0.15) is 0 Å². The van der Waals surface area contributed by atoms with Gasteiger partial charge >= 0.3 is 26.0 Å². The zero-order valence-electron chi connectivity index (χ0n) is 1.99. The third-order valence-corrected chi connectivity index (χ3v) is 0. The molecule has 0 amide bonds. The third kappa shape index (κ3) is 946. The fourth-order valence-corrected chi connectivity index (χ4v) is 0. The second-order valence-electron chi connectivity index (χ2n) is 0.0745. The Morgan fingerprint density at radius 2 is 1.75 bits per heavy atom. The minimum absolute atomic E-state index is 0. The second-order valence-corrected chi connectivity index (χ2v) is 0.307. The molecule has 0 aromatic heterocycles. The number of nitriles is 1. The van der Waals surface area contributed by atoms with Crippen molar-refractivity contribution in [1.29, 1.82) is 5.26 Å². The summed E-state index contributed by atoms with van der Waals surface area (Å²) in [7, 11) is 0. The summed E-state index contributed by atoms with van der Waals surface area (Å²) in [4.78, 5) is 0. The fraction of sp³-hybridized carbons (Fsp3) is 0. The molecule has 0 aliphatic carbocycles. The molecule has 0 aromatic carbocycles. The fourth-order valence-electron chi connectivity index (χ4n) is 0. The quantitative estimate of drug-likeness (QED) is 0.474. The maximum absolute atomic E-state index is 7.18. The van der Waals surface area contributed by atoms with E-state index in [0.717, 1.165) is 0 Å². The van der Waals surface area contributed by atoms with Crippen LogP contribution in [-0.4, -0.2) is 0 Å². The van der Waals surface area contributed by atoms with Crippen molar-refractivity contribution in [3.05, 3.63) is 0 Å². The van der Waals surface area contributed by atoms with Gasteiger partial charge in [0.1, 0.15) is 0 Å². The molecule has 0 heterocycles. The zero-order valence-corrected chi connectivity index (χ0v) is 3.03. The van der Waals surface area contributed by atoms with E-state index in [-0.39, 0.29) is 6.15 Å². The Balaban J connectivity index is 0. The van der Waals surface area contributed by atoms with Crippen LogP contribution >= 0.6 is 0 Å². The van der Waals surface area contributed by atoms with E-state index in [2.05, 4.69) is 15.7 Å². The van der Waals surface area contributed by atoms with E-state index < -0.39 is 0 Å². The average molecular weight is 102 g/mol. The zero-order chi connectivity index (χ0) is 2.71. The van der Waals surface area contributed by atoms with Crippen LogP contribution in [0.25, 0.3) is 0 Å². The van der Waals surface area contributed by atoms with E-state index in [1.54, 1.807) is 0 Å². The van der Waals surface area contributed by atoms with Crippen molar-refractivity contribution in [2.24, 2.45) is 0 Å². The van der Waals surface area contributed by atoms with Gasteiger partial charge < -0.3 is 6.15 Å². The van der Waals surface area contributed by atoms with Gasteiger partial charge in [-0.15, -0.1) is 0 Å². The molecule has 0 aliphatic heterocycles. The molecule has 3 heteroatoms. The minimum atomic E-state index is 0. The summed E-state index contributed by atoms with van der Waals surface area (Å²) in [6, 6.07) is 0. The van der Waals surface area contributed by atoms with Gasteiger partial charge in [0.05, 0.1) is 0 Å². The van der Waals surface area contributed by atoms with Crippen molar-refractivity contribution >= 4 is 0 Å². The van der Waals surface area contributed by atoms with Crippen molar-refractivity contribution in [1.82, 2.24) is 6.15 Å². The Morgan fingerprint density at radius 3 is 1.75 bits per heavy atom. The monoisotopic (exact) mass is 102 g/mol. The predicted octanol–water partition coefficient (Wildman–Crippen LogP) is 0.176. The van der Waals surface area contributed by atoms with Gasteiger partial charge in [-0.2, -0.15) is 0 Å². The van der Waals surface area contributed by atoms with Crippen LogP contribution in [0.4, 0.5) is 0 Å². The van der Waals surface area contributed by atoms with Crippen LogP contribution in [0.2, 0.25) is 0 Å². The van der Waals surface area contributed by atoms with Gasteiger partial charge in [0.2, 0.25) is 0 Å². The topological polar surface area (TPSA) is 58.8 Å². The molecule has 0 rings (SSSR count). The molecule has 0 bridgehead atoms. The Labute approximate surface area is 33.0 Å². The van der Waals surface area contributed by atoms with E-state index in [0.29, 0.717) is 0 Å². The van der Waals surface area contributed by atoms with E-state index in [9.17, 15) is 0 Å². The summed E-state index contributed by atoms with van der Waals surface area (Å²) >= 11 is 3.13. The number of hydrogen-bond acceptors (Lipinski definition) is 2. The van der Waals surface area contributed by atoms with Crippen LogP contribution < -0.4 is 6.15 Å². The molecule has 0 spiro atoms. The van der Waals surface area contributed by atoms with Crippen LogP contribution in [0, 0.1) is 10.3 Å². The Bertz CT molecular complexity index is 27.5. The molecule has 0 radical (unpaired) electrons. The van der Waals surface area contributed by atoms with Crippen molar-refractivity contribution in [2.75, 3.05) is 0 Å². The Kier molecular flexibility index (Phi) is 27.9. The number of rotatable bonds is 0. The molecule has 0 fully saturated rings. The van der Waals surface area contributed by atoms with Crippen molar-refractivity contribution in [2.45, 2.75) is 0 Å². The second kappa shape index (κ2) is 12.4. The number of nitrogens with zero attached hydrogens (tertiary/aromatic N) is 1. The van der Waals surface area contributed by atoms with Gasteiger partial charge in [0, 0.05) is 0 Å². The summed E-state index contributed by atoms with van der Waals surface area (Å²) in [6.07, 6.45) is 0. The summed E-state index contributed by atoms with van der Waals surface area (Å²) in [6.45, 7) is 0. The van der Waals surface area contributed by atoms with Gasteiger partial charge in [0.15, 0.2) is 0 Å². The van der Waals surface area contributed by atoms with Crippen molar-refractivity contribution in [3.63, 3.8) is 0 Å². The molecule has 0 aliphatic rings. The summed E-state index contributed by atoms with van der Waals surface area (Å²) in [5.74, 6) is 0. The molecule has 0 aromatic rings. The standard InChI is InChI=1S/CN.Co.H3N/c1-2;;/h;;1H3. The van der Waals surface area contributed by atoms with Gasteiger partial charge in [-0.25, -0.2) is 0 Å². The molecule has 2 nitrogen and oxygen atoms in total. The molecule has 0 unspecified atom stereocenters. The van der Waals surface area contributed by atoms with Crippen LogP contribution in [0.3, 0.4) is 0 Å². The van der Waals surface area contributed by atoms with Crippen molar-refractivity contribution < 1.29 is 15.7 Å². The van der Waals surface area contributed by atoms with Gasteiger partial charge in [0.25, 0.3) is 0 Å². The summed E-state index contributed by atoms with van der Waals surface area (Å²) < 4.78 is 0. The maximum atomic E-state index is 7.18. The Hall–Kier alpha value is -0.0435. The molecule has 4 heavy (non-hydrogen) atoms. The normalized spacial score (nSPS) is 2.25. The summed E-state index contributed by atoms with van der Waals surface area (Å²) in [5.41, 5.74) is 0. The first-order valence-electron chi connectivity index (χ1n) is 0.390. The van der Waals surface area contributed by atoms with Gasteiger partial charge in [-0.05, 0) is 0 Å².